The van der Waals surface area contributed by atoms with Crippen molar-refractivity contribution in [2.75, 3.05) is 5.32 Å². The van der Waals surface area contributed by atoms with Crippen LogP contribution in [0.15, 0.2) is 51.9 Å². The van der Waals surface area contributed by atoms with Gasteiger partial charge in [0, 0.05) is 15.7 Å². The van der Waals surface area contributed by atoms with E-state index in [2.05, 4.69) is 31.0 Å². The molecule has 0 aliphatic rings. The van der Waals surface area contributed by atoms with Gasteiger partial charge < -0.3 is 15.8 Å². The smallest absolute Gasteiger partial charge is 0.406 e. The van der Waals surface area contributed by atoms with Gasteiger partial charge in [0.2, 0.25) is 0 Å². The van der Waals surface area contributed by atoms with Crippen LogP contribution in [0.25, 0.3) is 0 Å². The van der Waals surface area contributed by atoms with Gasteiger partial charge in [-0.25, -0.2) is 9.38 Å². The summed E-state index contributed by atoms with van der Waals surface area (Å²) in [7, 11) is 0. The van der Waals surface area contributed by atoms with Crippen LogP contribution < -0.4 is 15.8 Å². The highest BCUT2D eigenvalue weighted by molar-refractivity contribution is 9.10. The van der Waals surface area contributed by atoms with Gasteiger partial charge in [0.15, 0.2) is 5.96 Å². The van der Waals surface area contributed by atoms with Crippen LogP contribution in [0, 0.1) is 5.82 Å². The van der Waals surface area contributed by atoms with Gasteiger partial charge in [-0.15, -0.1) is 13.2 Å². The second-order valence-electron chi connectivity index (χ2n) is 4.63. The second-order valence-corrected chi connectivity index (χ2v) is 5.55. The molecule has 0 unspecified atom stereocenters. The minimum absolute atomic E-state index is 0.00105. The average molecular weight is 406 g/mol. The van der Waals surface area contributed by atoms with E-state index in [9.17, 15) is 17.6 Å². The Hall–Kier alpha value is -2.29. The summed E-state index contributed by atoms with van der Waals surface area (Å²) in [5, 5.41) is 2.69. The lowest BCUT2D eigenvalue weighted by molar-refractivity contribution is -0.274. The molecule has 3 N–H and O–H groups in total. The van der Waals surface area contributed by atoms with Crippen molar-refractivity contribution >= 4 is 27.6 Å². The Bertz CT molecular complexity index is 732. The SMILES string of the molecule is NC(=NCc1cc(Br)ccc1F)Nc1ccc(OC(F)(F)F)cc1. The van der Waals surface area contributed by atoms with Gasteiger partial charge in [0.05, 0.1) is 6.54 Å². The van der Waals surface area contributed by atoms with E-state index in [1.54, 1.807) is 12.1 Å². The van der Waals surface area contributed by atoms with Crippen LogP contribution in [-0.2, 0) is 6.54 Å². The number of hydrogen-bond acceptors (Lipinski definition) is 2. The Labute approximate surface area is 143 Å². The zero-order valence-electron chi connectivity index (χ0n) is 12.1. The number of rotatable bonds is 4. The number of ether oxygens (including phenoxy) is 1. The number of nitrogens with zero attached hydrogens (tertiary/aromatic N) is 1. The van der Waals surface area contributed by atoms with E-state index in [-0.39, 0.29) is 18.3 Å². The first-order valence-corrected chi connectivity index (χ1v) is 7.39. The van der Waals surface area contributed by atoms with Gasteiger partial charge >= 0.3 is 6.36 Å². The molecule has 0 heterocycles. The number of aliphatic imine (C=N–C) groups is 1. The van der Waals surface area contributed by atoms with Crippen molar-refractivity contribution in [1.82, 2.24) is 0 Å². The third-order valence-electron chi connectivity index (χ3n) is 2.79. The fourth-order valence-corrected chi connectivity index (χ4v) is 2.17. The highest BCUT2D eigenvalue weighted by Gasteiger charge is 2.30. The molecule has 128 valence electrons. The topological polar surface area (TPSA) is 59.6 Å². The van der Waals surface area contributed by atoms with Crippen molar-refractivity contribution in [3.05, 3.63) is 58.3 Å². The van der Waals surface area contributed by atoms with Crippen LogP contribution >= 0.6 is 15.9 Å². The first-order valence-electron chi connectivity index (χ1n) is 6.59. The van der Waals surface area contributed by atoms with E-state index >= 15 is 0 Å². The fraction of sp³-hybridized carbons (Fsp3) is 0.133. The summed E-state index contributed by atoms with van der Waals surface area (Å²) in [6.45, 7) is 0.0133. The molecule has 0 fully saturated rings. The predicted molar refractivity (Wildman–Crippen MR) is 86.2 cm³/mol. The molecule has 0 bridgehead atoms. The molecule has 0 saturated carbocycles. The summed E-state index contributed by atoms with van der Waals surface area (Å²) in [6, 6.07) is 9.42. The van der Waals surface area contributed by atoms with Crippen LogP contribution in [0.3, 0.4) is 0 Å². The van der Waals surface area contributed by atoms with Gasteiger partial charge in [-0.05, 0) is 42.5 Å². The fourth-order valence-electron chi connectivity index (χ4n) is 1.76. The first-order chi connectivity index (χ1) is 11.2. The summed E-state index contributed by atoms with van der Waals surface area (Å²) >= 11 is 3.23. The third-order valence-corrected chi connectivity index (χ3v) is 3.28. The van der Waals surface area contributed by atoms with Crippen LogP contribution in [0.2, 0.25) is 0 Å². The third kappa shape index (κ3) is 5.73. The minimum atomic E-state index is -4.75. The molecule has 0 radical (unpaired) electrons. The van der Waals surface area contributed by atoms with Gasteiger partial charge in [-0.1, -0.05) is 15.9 Å². The summed E-state index contributed by atoms with van der Waals surface area (Å²) in [4.78, 5) is 3.98. The largest absolute Gasteiger partial charge is 0.573 e. The standard InChI is InChI=1S/C15H12BrF4N3O/c16-10-1-6-13(17)9(7-10)8-22-14(21)23-11-2-4-12(5-3-11)24-15(18,19)20/h1-7H,8H2,(H3,21,22,23). The summed E-state index contributed by atoms with van der Waals surface area (Å²) < 4.78 is 54.2. The molecule has 24 heavy (non-hydrogen) atoms. The average Bonchev–Trinajstić information content (AvgIpc) is 2.49. The molecule has 2 aromatic carbocycles. The number of nitrogens with two attached hydrogens (primary N) is 1. The van der Waals surface area contributed by atoms with Crippen LogP contribution in [0.5, 0.6) is 5.75 Å². The Morgan fingerprint density at radius 1 is 1.17 bits per heavy atom. The molecule has 0 aliphatic heterocycles. The second kappa shape index (κ2) is 7.52. The van der Waals surface area contributed by atoms with Gasteiger partial charge in [0.1, 0.15) is 11.6 Å². The molecule has 0 spiro atoms. The van der Waals surface area contributed by atoms with Crippen LogP contribution in [-0.4, -0.2) is 12.3 Å². The lowest BCUT2D eigenvalue weighted by Crippen LogP contribution is -2.22. The molecular weight excluding hydrogens is 394 g/mol. The lowest BCUT2D eigenvalue weighted by atomic mass is 10.2. The maximum absolute atomic E-state index is 13.6. The van der Waals surface area contributed by atoms with Crippen LogP contribution in [0.4, 0.5) is 23.2 Å². The maximum atomic E-state index is 13.6. The van der Waals surface area contributed by atoms with E-state index in [0.717, 1.165) is 12.1 Å². The van der Waals surface area contributed by atoms with E-state index in [1.807, 2.05) is 0 Å². The van der Waals surface area contributed by atoms with Crippen LogP contribution in [0.1, 0.15) is 5.56 Å². The normalized spacial score (nSPS) is 12.1. The van der Waals surface area contributed by atoms with Crippen molar-refractivity contribution in [3.63, 3.8) is 0 Å². The number of guanidine groups is 1. The van der Waals surface area contributed by atoms with Crippen molar-refractivity contribution in [2.24, 2.45) is 10.7 Å². The molecular formula is C15H12BrF4N3O. The van der Waals surface area contributed by atoms with Gasteiger partial charge in [-0.2, -0.15) is 0 Å². The monoisotopic (exact) mass is 405 g/mol. The molecule has 0 aliphatic carbocycles. The quantitative estimate of drug-likeness (QED) is 0.449. The highest BCUT2D eigenvalue weighted by atomic mass is 79.9. The van der Waals surface area contributed by atoms with Crippen molar-refractivity contribution in [3.8, 4) is 5.75 Å². The first kappa shape index (κ1) is 18.1. The Morgan fingerprint density at radius 3 is 2.46 bits per heavy atom. The minimum Gasteiger partial charge on any atom is -0.406 e. The Morgan fingerprint density at radius 2 is 1.83 bits per heavy atom. The Balaban J connectivity index is 1.98. The van der Waals surface area contributed by atoms with E-state index in [1.165, 1.54) is 18.2 Å². The number of hydrogen-bond donors (Lipinski definition) is 2. The zero-order chi connectivity index (χ0) is 17.7. The van der Waals surface area contributed by atoms with E-state index in [0.29, 0.717) is 15.7 Å². The molecule has 4 nitrogen and oxygen atoms in total. The molecule has 0 amide bonds. The van der Waals surface area contributed by atoms with Crippen molar-refractivity contribution in [2.45, 2.75) is 12.9 Å². The summed E-state index contributed by atoms with van der Waals surface area (Å²) in [5.74, 6) is -0.762. The van der Waals surface area contributed by atoms with Gasteiger partial charge in [-0.3, -0.25) is 0 Å². The molecule has 9 heteroatoms. The summed E-state index contributed by atoms with van der Waals surface area (Å²) in [6.07, 6.45) is -4.75. The van der Waals surface area contributed by atoms with E-state index < -0.39 is 12.2 Å². The highest BCUT2D eigenvalue weighted by Crippen LogP contribution is 2.24. The summed E-state index contributed by atoms with van der Waals surface area (Å²) in [5.41, 5.74) is 6.44. The molecule has 0 saturated heterocycles. The Kier molecular flexibility index (Phi) is 5.66. The number of halogens is 5. The van der Waals surface area contributed by atoms with Gasteiger partial charge in [0.25, 0.3) is 0 Å². The molecule has 0 atom stereocenters. The number of nitrogens with one attached hydrogen (secondary N) is 1. The van der Waals surface area contributed by atoms with Crippen molar-refractivity contribution in [1.29, 1.82) is 0 Å². The number of benzene rings is 2. The molecule has 2 rings (SSSR count). The lowest BCUT2D eigenvalue weighted by Gasteiger charge is -2.10. The van der Waals surface area contributed by atoms with E-state index in [4.69, 9.17) is 5.73 Å². The zero-order valence-corrected chi connectivity index (χ0v) is 13.7. The number of alkyl halides is 3. The van der Waals surface area contributed by atoms with Crippen molar-refractivity contribution < 1.29 is 22.3 Å². The molecule has 2 aromatic rings. The predicted octanol–water partition coefficient (Wildman–Crippen LogP) is 4.41. The maximum Gasteiger partial charge on any atom is 0.573 e. The number of anilines is 1. The molecule has 0 aromatic heterocycles.